The minimum absolute atomic E-state index is 0.148. The highest BCUT2D eigenvalue weighted by atomic mass is 79.9. The van der Waals surface area contributed by atoms with Crippen LogP contribution in [0, 0.1) is 0 Å². The number of ketones is 1. The Morgan fingerprint density at radius 3 is 2.45 bits per heavy atom. The van der Waals surface area contributed by atoms with Crippen LogP contribution in [0.4, 0.5) is 0 Å². The van der Waals surface area contributed by atoms with E-state index in [-0.39, 0.29) is 11.5 Å². The van der Waals surface area contributed by atoms with E-state index in [1.165, 1.54) is 13.2 Å². The lowest BCUT2D eigenvalue weighted by Crippen LogP contribution is -1.97. The molecule has 0 saturated carbocycles. The second kappa shape index (κ2) is 7.13. The Morgan fingerprint density at radius 2 is 1.82 bits per heavy atom. The van der Waals surface area contributed by atoms with Gasteiger partial charge in [-0.1, -0.05) is 12.1 Å². The molecule has 1 N–H and O–H groups in total. The Bertz CT molecular complexity index is 723. The van der Waals surface area contributed by atoms with Crippen molar-refractivity contribution in [2.24, 2.45) is 0 Å². The minimum Gasteiger partial charge on any atom is -0.507 e. The molecular formula is C17H15BrO4. The Morgan fingerprint density at radius 1 is 1.09 bits per heavy atom. The Hall–Kier alpha value is -2.27. The Balaban J connectivity index is 2.21. The first kappa shape index (κ1) is 16.1. The summed E-state index contributed by atoms with van der Waals surface area (Å²) < 4.78 is 10.9. The number of methoxy groups -OCH3 is 2. The zero-order chi connectivity index (χ0) is 16.1. The normalized spacial score (nSPS) is 10.7. The molecule has 2 aromatic carbocycles. The van der Waals surface area contributed by atoms with Gasteiger partial charge in [0.05, 0.1) is 18.7 Å². The Labute approximate surface area is 137 Å². The topological polar surface area (TPSA) is 55.8 Å². The number of benzene rings is 2. The van der Waals surface area contributed by atoms with E-state index >= 15 is 0 Å². The van der Waals surface area contributed by atoms with E-state index in [1.807, 2.05) is 0 Å². The molecule has 2 aromatic rings. The third-order valence-corrected chi connectivity index (χ3v) is 3.70. The van der Waals surface area contributed by atoms with E-state index in [1.54, 1.807) is 49.6 Å². The van der Waals surface area contributed by atoms with Crippen LogP contribution in [0.25, 0.3) is 6.08 Å². The number of carbonyl (C=O) groups is 1. The van der Waals surface area contributed by atoms with Gasteiger partial charge in [-0.25, -0.2) is 0 Å². The zero-order valence-corrected chi connectivity index (χ0v) is 13.8. The lowest BCUT2D eigenvalue weighted by molar-refractivity contribution is 0.104. The lowest BCUT2D eigenvalue weighted by atomic mass is 10.1. The maximum atomic E-state index is 12.2. The molecule has 0 spiro atoms. The van der Waals surface area contributed by atoms with Crippen molar-refractivity contribution >= 4 is 27.8 Å². The van der Waals surface area contributed by atoms with E-state index in [0.717, 1.165) is 5.56 Å². The zero-order valence-electron chi connectivity index (χ0n) is 12.2. The first-order valence-electron chi connectivity index (χ1n) is 6.48. The van der Waals surface area contributed by atoms with Crippen LogP contribution in [0.15, 0.2) is 46.9 Å². The molecule has 0 unspecified atom stereocenters. The molecule has 0 bridgehead atoms. The van der Waals surface area contributed by atoms with Gasteiger partial charge in [-0.2, -0.15) is 0 Å². The largest absolute Gasteiger partial charge is 0.507 e. The maximum Gasteiger partial charge on any atom is 0.185 e. The van der Waals surface area contributed by atoms with E-state index < -0.39 is 0 Å². The van der Waals surface area contributed by atoms with Gasteiger partial charge in [0.2, 0.25) is 0 Å². The summed E-state index contributed by atoms with van der Waals surface area (Å²) in [6.45, 7) is 0. The van der Waals surface area contributed by atoms with E-state index in [2.05, 4.69) is 15.9 Å². The van der Waals surface area contributed by atoms with Gasteiger partial charge in [-0.05, 0) is 57.9 Å². The quantitative estimate of drug-likeness (QED) is 0.643. The Kier molecular flexibility index (Phi) is 5.22. The molecule has 22 heavy (non-hydrogen) atoms. The van der Waals surface area contributed by atoms with Crippen molar-refractivity contribution in [3.05, 3.63) is 58.1 Å². The monoisotopic (exact) mass is 362 g/mol. The summed E-state index contributed by atoms with van der Waals surface area (Å²) in [5, 5.41) is 9.44. The maximum absolute atomic E-state index is 12.2. The number of hydrogen-bond donors (Lipinski definition) is 1. The van der Waals surface area contributed by atoms with Gasteiger partial charge < -0.3 is 14.6 Å². The summed E-state index contributed by atoms with van der Waals surface area (Å²) in [6.07, 6.45) is 3.16. The van der Waals surface area contributed by atoms with E-state index in [0.29, 0.717) is 21.5 Å². The van der Waals surface area contributed by atoms with Crippen molar-refractivity contribution in [1.29, 1.82) is 0 Å². The molecule has 4 nitrogen and oxygen atoms in total. The highest BCUT2D eigenvalue weighted by Crippen LogP contribution is 2.28. The lowest BCUT2D eigenvalue weighted by Gasteiger charge is -2.08. The number of hydrogen-bond acceptors (Lipinski definition) is 4. The average Bonchev–Trinajstić information content (AvgIpc) is 2.54. The SMILES string of the molecule is COc1ccc(C(=O)/C=C/c2ccc(O)c(Br)c2)cc1OC. The van der Waals surface area contributed by atoms with Crippen molar-refractivity contribution in [1.82, 2.24) is 0 Å². The number of rotatable bonds is 5. The van der Waals surface area contributed by atoms with Crippen LogP contribution in [0.2, 0.25) is 0 Å². The molecule has 0 aliphatic heterocycles. The standard InChI is InChI=1S/C17H15BrO4/c1-21-16-8-5-12(10-17(16)22-2)14(19)6-3-11-4-7-15(20)13(18)9-11/h3-10,20H,1-2H3/b6-3+. The second-order valence-electron chi connectivity index (χ2n) is 4.48. The number of aromatic hydroxyl groups is 1. The van der Waals surface area contributed by atoms with E-state index in [9.17, 15) is 9.90 Å². The summed E-state index contributed by atoms with van der Waals surface area (Å²) >= 11 is 3.23. The minimum atomic E-state index is -0.148. The fourth-order valence-electron chi connectivity index (χ4n) is 1.88. The molecule has 0 aromatic heterocycles. The smallest absolute Gasteiger partial charge is 0.185 e. The number of allylic oxidation sites excluding steroid dienone is 1. The predicted octanol–water partition coefficient (Wildman–Crippen LogP) is 4.07. The number of ether oxygens (including phenoxy) is 2. The van der Waals surface area contributed by atoms with Crippen LogP contribution in [0.3, 0.4) is 0 Å². The second-order valence-corrected chi connectivity index (χ2v) is 5.33. The third kappa shape index (κ3) is 3.68. The molecule has 5 heteroatoms. The van der Waals surface area contributed by atoms with Gasteiger partial charge in [0.25, 0.3) is 0 Å². The molecular weight excluding hydrogens is 348 g/mol. The molecule has 0 fully saturated rings. The first-order valence-corrected chi connectivity index (χ1v) is 7.27. The van der Waals surface area contributed by atoms with Crippen LogP contribution in [0.1, 0.15) is 15.9 Å². The number of phenols is 1. The molecule has 114 valence electrons. The van der Waals surface area contributed by atoms with Gasteiger partial charge in [-0.3, -0.25) is 4.79 Å². The molecule has 0 heterocycles. The summed E-state index contributed by atoms with van der Waals surface area (Å²) in [4.78, 5) is 12.2. The summed E-state index contributed by atoms with van der Waals surface area (Å²) in [5.41, 5.74) is 1.31. The highest BCUT2D eigenvalue weighted by molar-refractivity contribution is 9.10. The van der Waals surface area contributed by atoms with Gasteiger partial charge >= 0.3 is 0 Å². The van der Waals surface area contributed by atoms with Gasteiger partial charge in [0, 0.05) is 5.56 Å². The van der Waals surface area contributed by atoms with Crippen LogP contribution in [-0.2, 0) is 0 Å². The first-order chi connectivity index (χ1) is 10.5. The predicted molar refractivity (Wildman–Crippen MR) is 88.7 cm³/mol. The molecule has 0 saturated heterocycles. The highest BCUT2D eigenvalue weighted by Gasteiger charge is 2.08. The van der Waals surface area contributed by atoms with Crippen LogP contribution in [-0.4, -0.2) is 25.1 Å². The van der Waals surface area contributed by atoms with Crippen molar-refractivity contribution in [2.75, 3.05) is 14.2 Å². The van der Waals surface area contributed by atoms with Crippen molar-refractivity contribution in [2.45, 2.75) is 0 Å². The van der Waals surface area contributed by atoms with Crippen molar-refractivity contribution < 1.29 is 19.4 Å². The van der Waals surface area contributed by atoms with Crippen LogP contribution in [0.5, 0.6) is 17.2 Å². The molecule has 0 radical (unpaired) electrons. The molecule has 2 rings (SSSR count). The fourth-order valence-corrected chi connectivity index (χ4v) is 2.28. The van der Waals surface area contributed by atoms with Gasteiger partial charge in [0.15, 0.2) is 17.3 Å². The molecule has 0 amide bonds. The summed E-state index contributed by atoms with van der Waals surface area (Å²) in [7, 11) is 3.07. The number of carbonyl (C=O) groups excluding carboxylic acids is 1. The van der Waals surface area contributed by atoms with Gasteiger partial charge in [0.1, 0.15) is 5.75 Å². The van der Waals surface area contributed by atoms with Crippen molar-refractivity contribution in [3.8, 4) is 17.2 Å². The summed E-state index contributed by atoms with van der Waals surface area (Å²) in [5.74, 6) is 1.09. The third-order valence-electron chi connectivity index (χ3n) is 3.07. The van der Waals surface area contributed by atoms with Crippen LogP contribution < -0.4 is 9.47 Å². The van der Waals surface area contributed by atoms with E-state index in [4.69, 9.17) is 9.47 Å². The van der Waals surface area contributed by atoms with Crippen LogP contribution >= 0.6 is 15.9 Å². The van der Waals surface area contributed by atoms with Gasteiger partial charge in [-0.15, -0.1) is 0 Å². The summed E-state index contributed by atoms with van der Waals surface area (Å²) in [6, 6.07) is 10.0. The fraction of sp³-hybridized carbons (Fsp3) is 0.118. The molecule has 0 aliphatic rings. The molecule has 0 aliphatic carbocycles. The average molecular weight is 363 g/mol. The number of halogens is 1. The number of phenolic OH excluding ortho intramolecular Hbond substituents is 1. The molecule has 0 atom stereocenters. The van der Waals surface area contributed by atoms with Crippen molar-refractivity contribution in [3.63, 3.8) is 0 Å².